The molecule has 4 aromatic rings. The molecule has 2 aromatic carbocycles. The van der Waals surface area contributed by atoms with Gasteiger partial charge in [-0.05, 0) is 41.8 Å². The Bertz CT molecular complexity index is 1120. The largest absolute Gasteiger partial charge is 0.504 e. The fraction of sp³-hybridized carbons (Fsp3) is 0.182. The lowest BCUT2D eigenvalue weighted by atomic mass is 9.92. The summed E-state index contributed by atoms with van der Waals surface area (Å²) in [6.45, 7) is 4.22. The standard InChI is InChI=1S/C22H21N3O2/c1-14-6-4-5-7-17(14)21-22-18(10-11-25(22)24-13-23-21)15(2)16-8-9-19(26)20(12-16)27-3/h4-13,15,26H,1-3H3. The van der Waals surface area contributed by atoms with Gasteiger partial charge >= 0.3 is 0 Å². The number of phenolic OH excluding ortho intramolecular Hbond substituents is 1. The Morgan fingerprint density at radius 1 is 1.11 bits per heavy atom. The molecule has 0 fully saturated rings. The van der Waals surface area contributed by atoms with Gasteiger partial charge in [-0.2, -0.15) is 5.10 Å². The van der Waals surface area contributed by atoms with Crippen LogP contribution in [0.15, 0.2) is 61.1 Å². The van der Waals surface area contributed by atoms with Gasteiger partial charge in [-0.15, -0.1) is 0 Å². The molecule has 0 aliphatic heterocycles. The van der Waals surface area contributed by atoms with Crippen LogP contribution in [0.5, 0.6) is 11.5 Å². The summed E-state index contributed by atoms with van der Waals surface area (Å²) in [5.41, 5.74) is 6.36. The molecule has 0 aliphatic carbocycles. The van der Waals surface area contributed by atoms with Crippen molar-refractivity contribution in [3.8, 4) is 22.8 Å². The number of rotatable bonds is 4. The zero-order valence-corrected chi connectivity index (χ0v) is 15.5. The molecule has 136 valence electrons. The Morgan fingerprint density at radius 3 is 2.70 bits per heavy atom. The van der Waals surface area contributed by atoms with E-state index in [2.05, 4.69) is 42.1 Å². The van der Waals surface area contributed by atoms with Crippen molar-refractivity contribution in [2.24, 2.45) is 0 Å². The van der Waals surface area contributed by atoms with E-state index in [1.807, 2.05) is 35.0 Å². The molecular formula is C22H21N3O2. The predicted molar refractivity (Wildman–Crippen MR) is 105 cm³/mol. The fourth-order valence-corrected chi connectivity index (χ4v) is 3.51. The van der Waals surface area contributed by atoms with Gasteiger partial charge in [-0.3, -0.25) is 0 Å². The van der Waals surface area contributed by atoms with E-state index < -0.39 is 0 Å². The third-order valence-electron chi connectivity index (χ3n) is 5.06. The summed E-state index contributed by atoms with van der Waals surface area (Å²) in [6.07, 6.45) is 3.55. The molecule has 1 N–H and O–H groups in total. The van der Waals surface area contributed by atoms with E-state index >= 15 is 0 Å². The number of methoxy groups -OCH3 is 1. The van der Waals surface area contributed by atoms with Gasteiger partial charge in [0, 0.05) is 17.7 Å². The number of phenols is 1. The van der Waals surface area contributed by atoms with Crippen molar-refractivity contribution in [1.82, 2.24) is 14.6 Å². The number of aromatic hydroxyl groups is 1. The molecule has 0 spiro atoms. The van der Waals surface area contributed by atoms with Gasteiger partial charge in [0.25, 0.3) is 0 Å². The van der Waals surface area contributed by atoms with Crippen molar-refractivity contribution in [2.75, 3.05) is 7.11 Å². The highest BCUT2D eigenvalue weighted by atomic mass is 16.5. The van der Waals surface area contributed by atoms with Crippen molar-refractivity contribution in [3.63, 3.8) is 0 Å². The molecule has 0 radical (unpaired) electrons. The Morgan fingerprint density at radius 2 is 1.93 bits per heavy atom. The second-order valence-corrected chi connectivity index (χ2v) is 6.64. The third kappa shape index (κ3) is 2.91. The maximum Gasteiger partial charge on any atom is 0.160 e. The maximum absolute atomic E-state index is 9.89. The Balaban J connectivity index is 1.89. The van der Waals surface area contributed by atoms with Crippen LogP contribution in [0.4, 0.5) is 0 Å². The Labute approximate surface area is 157 Å². The number of nitrogens with zero attached hydrogens (tertiary/aromatic N) is 3. The van der Waals surface area contributed by atoms with Crippen molar-refractivity contribution < 1.29 is 9.84 Å². The quantitative estimate of drug-likeness (QED) is 0.580. The summed E-state index contributed by atoms with van der Waals surface area (Å²) in [5.74, 6) is 0.690. The highest BCUT2D eigenvalue weighted by Gasteiger charge is 2.19. The van der Waals surface area contributed by atoms with E-state index in [1.54, 1.807) is 19.5 Å². The van der Waals surface area contributed by atoms with E-state index in [-0.39, 0.29) is 11.7 Å². The molecule has 1 atom stereocenters. The first-order chi connectivity index (χ1) is 13.1. The minimum Gasteiger partial charge on any atom is -0.504 e. The molecule has 1 unspecified atom stereocenters. The van der Waals surface area contributed by atoms with Crippen LogP contribution in [0.1, 0.15) is 29.5 Å². The number of fused-ring (bicyclic) bond motifs is 1. The monoisotopic (exact) mass is 359 g/mol. The van der Waals surface area contributed by atoms with E-state index in [1.165, 1.54) is 5.56 Å². The Kier molecular flexibility index (Phi) is 4.28. The minimum absolute atomic E-state index is 0.0817. The van der Waals surface area contributed by atoms with E-state index in [0.29, 0.717) is 5.75 Å². The summed E-state index contributed by atoms with van der Waals surface area (Å²) < 4.78 is 7.14. The number of aromatic nitrogens is 3. The lowest BCUT2D eigenvalue weighted by molar-refractivity contribution is 0.373. The van der Waals surface area contributed by atoms with Crippen LogP contribution in [0.3, 0.4) is 0 Å². The molecule has 4 rings (SSSR count). The zero-order valence-electron chi connectivity index (χ0n) is 15.5. The summed E-state index contributed by atoms with van der Waals surface area (Å²) in [5, 5.41) is 14.3. The highest BCUT2D eigenvalue weighted by molar-refractivity contribution is 5.82. The molecule has 0 saturated heterocycles. The third-order valence-corrected chi connectivity index (χ3v) is 5.06. The highest BCUT2D eigenvalue weighted by Crippen LogP contribution is 2.36. The lowest BCUT2D eigenvalue weighted by Crippen LogP contribution is -2.01. The van der Waals surface area contributed by atoms with Gasteiger partial charge in [0.2, 0.25) is 0 Å². The maximum atomic E-state index is 9.89. The number of hydrogen-bond acceptors (Lipinski definition) is 4. The molecule has 0 saturated carbocycles. The summed E-state index contributed by atoms with van der Waals surface area (Å²) in [6, 6.07) is 15.8. The topological polar surface area (TPSA) is 59.7 Å². The number of benzene rings is 2. The van der Waals surface area contributed by atoms with Crippen molar-refractivity contribution in [3.05, 3.63) is 77.7 Å². The molecule has 0 bridgehead atoms. The molecule has 2 aromatic heterocycles. The van der Waals surface area contributed by atoms with E-state index in [9.17, 15) is 5.11 Å². The number of hydrogen-bond donors (Lipinski definition) is 1. The van der Waals surface area contributed by atoms with E-state index in [0.717, 1.165) is 27.9 Å². The first-order valence-electron chi connectivity index (χ1n) is 8.85. The van der Waals surface area contributed by atoms with Crippen LogP contribution in [0.2, 0.25) is 0 Å². The number of aryl methyl sites for hydroxylation is 1. The average molecular weight is 359 g/mol. The van der Waals surface area contributed by atoms with Gasteiger partial charge in [0.15, 0.2) is 11.5 Å². The van der Waals surface area contributed by atoms with Crippen LogP contribution in [0, 0.1) is 6.92 Å². The van der Waals surface area contributed by atoms with Crippen molar-refractivity contribution in [1.29, 1.82) is 0 Å². The fourth-order valence-electron chi connectivity index (χ4n) is 3.51. The summed E-state index contributed by atoms with van der Waals surface area (Å²) >= 11 is 0. The molecule has 5 nitrogen and oxygen atoms in total. The molecule has 0 aliphatic rings. The molecular weight excluding hydrogens is 338 g/mol. The second-order valence-electron chi connectivity index (χ2n) is 6.64. The first kappa shape index (κ1) is 17.1. The van der Waals surface area contributed by atoms with Gasteiger partial charge in [-0.25, -0.2) is 9.50 Å². The lowest BCUT2D eigenvalue weighted by Gasteiger charge is -2.15. The van der Waals surface area contributed by atoms with Crippen LogP contribution >= 0.6 is 0 Å². The average Bonchev–Trinajstić information content (AvgIpc) is 3.12. The van der Waals surface area contributed by atoms with Crippen LogP contribution in [-0.4, -0.2) is 26.8 Å². The molecule has 5 heteroatoms. The SMILES string of the molecule is COc1cc(C(C)c2ccn3ncnc(-c4ccccc4C)c23)ccc1O. The van der Waals surface area contributed by atoms with Crippen molar-refractivity contribution in [2.45, 2.75) is 19.8 Å². The number of ether oxygens (including phenoxy) is 1. The second kappa shape index (κ2) is 6.76. The molecule has 27 heavy (non-hydrogen) atoms. The van der Waals surface area contributed by atoms with Crippen LogP contribution in [-0.2, 0) is 0 Å². The predicted octanol–water partition coefficient (Wildman–Crippen LogP) is 4.57. The van der Waals surface area contributed by atoms with E-state index in [4.69, 9.17) is 4.74 Å². The normalized spacial score (nSPS) is 12.3. The zero-order chi connectivity index (χ0) is 19.0. The van der Waals surface area contributed by atoms with Gasteiger partial charge in [-0.1, -0.05) is 37.3 Å². The smallest absolute Gasteiger partial charge is 0.160 e. The van der Waals surface area contributed by atoms with Crippen LogP contribution < -0.4 is 4.74 Å². The van der Waals surface area contributed by atoms with Gasteiger partial charge in [0.1, 0.15) is 6.33 Å². The van der Waals surface area contributed by atoms with Gasteiger partial charge in [0.05, 0.1) is 18.3 Å². The molecule has 0 amide bonds. The first-order valence-corrected chi connectivity index (χ1v) is 8.85. The minimum atomic E-state index is 0.0817. The molecule has 2 heterocycles. The summed E-state index contributed by atoms with van der Waals surface area (Å²) in [7, 11) is 1.56. The van der Waals surface area contributed by atoms with Gasteiger partial charge < -0.3 is 9.84 Å². The Hall–Kier alpha value is -3.34. The summed E-state index contributed by atoms with van der Waals surface area (Å²) in [4.78, 5) is 4.60. The van der Waals surface area contributed by atoms with Crippen LogP contribution in [0.25, 0.3) is 16.8 Å². The van der Waals surface area contributed by atoms with Crippen molar-refractivity contribution >= 4 is 5.52 Å².